The van der Waals surface area contributed by atoms with Crippen LogP contribution in [0.1, 0.15) is 23.8 Å². The number of rotatable bonds is 3. The highest BCUT2D eigenvalue weighted by Gasteiger charge is 2.24. The van der Waals surface area contributed by atoms with Crippen LogP contribution in [-0.2, 0) is 13.0 Å². The van der Waals surface area contributed by atoms with E-state index in [0.717, 1.165) is 36.5 Å². The van der Waals surface area contributed by atoms with E-state index in [-0.39, 0.29) is 0 Å². The Bertz CT molecular complexity index is 1020. The Morgan fingerprint density at radius 3 is 3.17 bits per heavy atom. The zero-order chi connectivity index (χ0) is 16.1. The summed E-state index contributed by atoms with van der Waals surface area (Å²) in [6, 6.07) is 3.73. The Balaban J connectivity index is 1.68. The molecule has 0 radical (unpaired) electrons. The summed E-state index contributed by atoms with van der Waals surface area (Å²) in [6.45, 7) is 5.52. The fourth-order valence-corrected chi connectivity index (χ4v) is 4.69. The Kier molecular flexibility index (Phi) is 3.17. The second-order valence-corrected chi connectivity index (χ2v) is 7.22. The molecule has 0 aliphatic carbocycles. The molecular weight excluding hydrogens is 322 g/mol. The van der Waals surface area contributed by atoms with E-state index in [1.807, 2.05) is 12.1 Å². The van der Waals surface area contributed by atoms with Crippen LogP contribution in [0, 0.1) is 0 Å². The molecule has 5 rings (SSSR count). The molecule has 0 unspecified atom stereocenters. The molecule has 0 fully saturated rings. The second-order valence-electron chi connectivity index (χ2n) is 6.14. The van der Waals surface area contributed by atoms with Crippen LogP contribution >= 0.6 is 11.3 Å². The van der Waals surface area contributed by atoms with Crippen molar-refractivity contribution in [2.45, 2.75) is 26.3 Å². The van der Waals surface area contributed by atoms with Crippen molar-refractivity contribution in [1.82, 2.24) is 24.5 Å². The molecule has 1 aliphatic heterocycles. The average molecular weight is 339 g/mol. The van der Waals surface area contributed by atoms with Gasteiger partial charge in [0.2, 0.25) is 5.82 Å². The van der Waals surface area contributed by atoms with Crippen molar-refractivity contribution < 1.29 is 4.42 Å². The molecule has 0 spiro atoms. The smallest absolute Gasteiger partial charge is 0.217 e. The molecule has 0 saturated carbocycles. The minimum absolute atomic E-state index is 0.609. The minimum Gasteiger partial charge on any atom is -0.461 e. The second kappa shape index (κ2) is 5.39. The summed E-state index contributed by atoms with van der Waals surface area (Å²) in [4.78, 5) is 14.3. The SMILES string of the molecule is CCCN1CCc2c(sc3ncn4nc(-c5ccco5)nc4c23)C1. The molecule has 24 heavy (non-hydrogen) atoms. The third-order valence-corrected chi connectivity index (χ3v) is 5.66. The molecule has 0 atom stereocenters. The molecule has 0 amide bonds. The van der Waals surface area contributed by atoms with E-state index in [9.17, 15) is 0 Å². The van der Waals surface area contributed by atoms with Crippen LogP contribution in [0.3, 0.4) is 0 Å². The molecule has 0 saturated heterocycles. The van der Waals surface area contributed by atoms with Crippen molar-refractivity contribution >= 4 is 27.2 Å². The average Bonchev–Trinajstić information content (AvgIpc) is 3.31. The van der Waals surface area contributed by atoms with Gasteiger partial charge in [-0.15, -0.1) is 16.4 Å². The lowest BCUT2D eigenvalue weighted by Crippen LogP contribution is -2.30. The third kappa shape index (κ3) is 2.08. The van der Waals surface area contributed by atoms with Gasteiger partial charge in [-0.05, 0) is 37.1 Å². The maximum Gasteiger partial charge on any atom is 0.217 e. The maximum atomic E-state index is 5.43. The standard InChI is InChI=1S/C17H17N5OS/c1-2-6-21-7-5-11-13(9-21)24-17-14(11)16-19-15(12-4-3-8-23-12)20-22(16)10-18-17/h3-4,8,10H,2,5-7,9H2,1H3. The van der Waals surface area contributed by atoms with Crippen LogP contribution in [0.25, 0.3) is 27.4 Å². The van der Waals surface area contributed by atoms with Gasteiger partial charge in [-0.2, -0.15) is 0 Å². The summed E-state index contributed by atoms with van der Waals surface area (Å²) in [7, 11) is 0. The summed E-state index contributed by atoms with van der Waals surface area (Å²) in [5.74, 6) is 1.29. The number of nitrogens with zero attached hydrogens (tertiary/aromatic N) is 5. The van der Waals surface area contributed by atoms with Crippen molar-refractivity contribution in [3.8, 4) is 11.6 Å². The fraction of sp³-hybridized carbons (Fsp3) is 0.353. The van der Waals surface area contributed by atoms with Gasteiger partial charge in [0.15, 0.2) is 11.4 Å². The maximum absolute atomic E-state index is 5.43. The van der Waals surface area contributed by atoms with E-state index in [4.69, 9.17) is 9.40 Å². The van der Waals surface area contributed by atoms with Crippen LogP contribution in [0.4, 0.5) is 0 Å². The van der Waals surface area contributed by atoms with E-state index in [1.54, 1.807) is 28.4 Å². The normalized spacial score (nSPS) is 15.4. The van der Waals surface area contributed by atoms with Crippen LogP contribution in [0.5, 0.6) is 0 Å². The molecule has 5 heterocycles. The van der Waals surface area contributed by atoms with Crippen molar-refractivity contribution in [1.29, 1.82) is 0 Å². The monoisotopic (exact) mass is 339 g/mol. The predicted molar refractivity (Wildman–Crippen MR) is 93.1 cm³/mol. The number of hydrogen-bond acceptors (Lipinski definition) is 6. The molecule has 4 aromatic heterocycles. The topological polar surface area (TPSA) is 59.5 Å². The van der Waals surface area contributed by atoms with E-state index in [2.05, 4.69) is 21.9 Å². The lowest BCUT2D eigenvalue weighted by molar-refractivity contribution is 0.258. The van der Waals surface area contributed by atoms with E-state index >= 15 is 0 Å². The molecule has 0 N–H and O–H groups in total. The first-order valence-corrected chi connectivity index (χ1v) is 9.07. The molecule has 1 aliphatic rings. The van der Waals surface area contributed by atoms with Crippen LogP contribution in [0.15, 0.2) is 29.1 Å². The van der Waals surface area contributed by atoms with Gasteiger partial charge in [-0.3, -0.25) is 4.90 Å². The largest absolute Gasteiger partial charge is 0.461 e. The molecular formula is C17H17N5OS. The highest BCUT2D eigenvalue weighted by molar-refractivity contribution is 7.19. The van der Waals surface area contributed by atoms with Crippen molar-refractivity contribution in [2.75, 3.05) is 13.1 Å². The quantitative estimate of drug-likeness (QED) is 0.573. The first kappa shape index (κ1) is 14.1. The van der Waals surface area contributed by atoms with Crippen molar-refractivity contribution in [3.05, 3.63) is 35.2 Å². The summed E-state index contributed by atoms with van der Waals surface area (Å²) in [6.07, 6.45) is 5.64. The summed E-state index contributed by atoms with van der Waals surface area (Å²) in [5.41, 5.74) is 2.28. The van der Waals surface area contributed by atoms with Gasteiger partial charge in [-0.25, -0.2) is 14.5 Å². The van der Waals surface area contributed by atoms with Gasteiger partial charge in [0.05, 0.1) is 11.6 Å². The Morgan fingerprint density at radius 2 is 2.33 bits per heavy atom. The minimum atomic E-state index is 0.609. The van der Waals surface area contributed by atoms with Crippen molar-refractivity contribution in [2.24, 2.45) is 0 Å². The Labute approximate surface area is 142 Å². The van der Waals surface area contributed by atoms with Gasteiger partial charge in [0, 0.05) is 18.0 Å². The summed E-state index contributed by atoms with van der Waals surface area (Å²) < 4.78 is 7.20. The number of fused-ring (bicyclic) bond motifs is 5. The highest BCUT2D eigenvalue weighted by atomic mass is 32.1. The van der Waals surface area contributed by atoms with E-state index in [1.165, 1.54) is 22.2 Å². The first-order chi connectivity index (χ1) is 11.8. The van der Waals surface area contributed by atoms with Gasteiger partial charge < -0.3 is 4.42 Å². The zero-order valence-electron chi connectivity index (χ0n) is 13.4. The number of hydrogen-bond donors (Lipinski definition) is 0. The third-order valence-electron chi connectivity index (χ3n) is 4.54. The predicted octanol–water partition coefficient (Wildman–Crippen LogP) is 3.37. The molecule has 4 aromatic rings. The van der Waals surface area contributed by atoms with Gasteiger partial charge >= 0.3 is 0 Å². The number of furan rings is 1. The zero-order valence-corrected chi connectivity index (χ0v) is 14.2. The van der Waals surface area contributed by atoms with Gasteiger partial charge in [0.25, 0.3) is 0 Å². The lowest BCUT2D eigenvalue weighted by Gasteiger charge is -2.26. The number of thiophene rings is 1. The molecule has 6 nitrogen and oxygen atoms in total. The number of aromatic nitrogens is 4. The lowest BCUT2D eigenvalue weighted by atomic mass is 10.1. The van der Waals surface area contributed by atoms with Crippen molar-refractivity contribution in [3.63, 3.8) is 0 Å². The van der Waals surface area contributed by atoms with Gasteiger partial charge in [0.1, 0.15) is 11.2 Å². The van der Waals surface area contributed by atoms with E-state index in [0.29, 0.717) is 11.6 Å². The Hall–Kier alpha value is -2.25. The van der Waals surface area contributed by atoms with Crippen LogP contribution < -0.4 is 0 Å². The fourth-order valence-electron chi connectivity index (χ4n) is 3.46. The van der Waals surface area contributed by atoms with E-state index < -0.39 is 0 Å². The Morgan fingerprint density at radius 1 is 1.38 bits per heavy atom. The summed E-state index contributed by atoms with van der Waals surface area (Å²) in [5, 5.41) is 5.69. The van der Waals surface area contributed by atoms with Crippen LogP contribution in [0.2, 0.25) is 0 Å². The first-order valence-electron chi connectivity index (χ1n) is 8.25. The van der Waals surface area contributed by atoms with Gasteiger partial charge in [-0.1, -0.05) is 6.92 Å². The molecule has 7 heteroatoms. The molecule has 0 aromatic carbocycles. The van der Waals surface area contributed by atoms with Crippen LogP contribution in [-0.4, -0.2) is 37.6 Å². The molecule has 0 bridgehead atoms. The highest BCUT2D eigenvalue weighted by Crippen LogP contribution is 2.36. The summed E-state index contributed by atoms with van der Waals surface area (Å²) >= 11 is 1.79. The molecule has 122 valence electrons.